The van der Waals surface area contributed by atoms with Crippen LogP contribution in [0.3, 0.4) is 0 Å². The van der Waals surface area contributed by atoms with Crippen LogP contribution in [0.2, 0.25) is 0 Å². The molecule has 26 aromatic rings. The van der Waals surface area contributed by atoms with Crippen LogP contribution >= 0.6 is 0 Å². The van der Waals surface area contributed by atoms with Crippen molar-refractivity contribution >= 4 is 136 Å². The average molecular weight is 1690 g/mol. The molecule has 0 saturated carbocycles. The first kappa shape index (κ1) is 77.6. The van der Waals surface area contributed by atoms with Gasteiger partial charge < -0.3 is 13.7 Å². The molecule has 0 saturated heterocycles. The van der Waals surface area contributed by atoms with Crippen LogP contribution in [0.4, 0.5) is 0 Å². The molecule has 0 aliphatic rings. The summed E-state index contributed by atoms with van der Waals surface area (Å²) in [6.45, 7) is 7.98. The molecule has 9 aromatic heterocycles. The highest BCUT2D eigenvalue weighted by Crippen LogP contribution is 2.43. The smallest absolute Gasteiger partial charge is 0.238 e. The fourth-order valence-corrected chi connectivity index (χ4v) is 19.5. The Morgan fingerprint density at radius 3 is 0.788 bits per heavy atom. The predicted molar refractivity (Wildman–Crippen MR) is 548 cm³/mol. The number of benzene rings is 17. The Kier molecular flexibility index (Phi) is 19.3. The van der Waals surface area contributed by atoms with Crippen LogP contribution < -0.4 is 0 Å². The molecule has 9 heterocycles. The lowest BCUT2D eigenvalue weighted by atomic mass is 10.0. The molecule has 0 aliphatic heterocycles. The van der Waals surface area contributed by atoms with Gasteiger partial charge in [-0.15, -0.1) is 0 Å². The highest BCUT2D eigenvalue weighted by atomic mass is 15.2. The van der Waals surface area contributed by atoms with Gasteiger partial charge in [0.15, 0.2) is 11.6 Å². The maximum Gasteiger partial charge on any atom is 0.238 e. The van der Waals surface area contributed by atoms with Crippen molar-refractivity contribution in [1.29, 1.82) is 0 Å². The molecule has 26 rings (SSSR count). The summed E-state index contributed by atoms with van der Waals surface area (Å²) in [5, 5.41) is 14.5. The lowest BCUT2D eigenvalue weighted by Gasteiger charge is -2.13. The Morgan fingerprint density at radius 1 is 0.197 bits per heavy atom. The van der Waals surface area contributed by atoms with E-state index in [4.69, 9.17) is 29.9 Å². The van der Waals surface area contributed by atoms with Crippen molar-refractivity contribution in [3.8, 4) is 91.2 Å². The van der Waals surface area contributed by atoms with E-state index in [2.05, 4.69) is 405 Å². The Morgan fingerprint density at radius 2 is 0.462 bits per heavy atom. The number of pyridine rings is 1. The van der Waals surface area contributed by atoms with Crippen LogP contribution in [0, 0.1) is 0 Å². The zero-order valence-electron chi connectivity index (χ0n) is 71.7. The molecule has 0 N–H and O–H groups in total. The summed E-state index contributed by atoms with van der Waals surface area (Å²) in [6, 6.07) is 155. The summed E-state index contributed by atoms with van der Waals surface area (Å²) in [5.41, 5.74) is 26.8. The van der Waals surface area contributed by atoms with Crippen LogP contribution in [0.15, 0.2) is 474 Å². The minimum absolute atomic E-state index is 0.591. The third-order valence-electron chi connectivity index (χ3n) is 25.4. The van der Waals surface area contributed by atoms with Gasteiger partial charge in [0.05, 0.1) is 83.3 Å². The number of fused-ring (bicyclic) bond motifs is 18. The Hall–Kier alpha value is -18.0. The van der Waals surface area contributed by atoms with Crippen LogP contribution in [0.1, 0.15) is 5.69 Å². The molecular weight excluding hydrogens is 1610 g/mol. The van der Waals surface area contributed by atoms with Gasteiger partial charge in [0, 0.05) is 104 Å². The van der Waals surface area contributed by atoms with E-state index in [1.165, 1.54) is 81.6 Å². The first-order valence-corrected chi connectivity index (χ1v) is 44.4. The van der Waals surface area contributed by atoms with Crippen molar-refractivity contribution in [2.45, 2.75) is 0 Å². The SMILES string of the molecule is C=C/C=C(\C=C)c1cc(-c2ccccc2)cc(-n2c3ccccc3c3cc(-n4c5ccccc5c5ccccc54)ccc32)n1.c1ccc(-c2cc(-c3ccccc3)nc(-n3c4ccccc4c4cc(-n5c6ccccc6c6ccccc65)ccc43)n2)cc1.c1ccc(-c2nc(-c3ccccc3)nc(-n3c4ccccc4c4cc(-n5c6ccccc6c6ccccc65)ccc43)n2)cc1. The van der Waals surface area contributed by atoms with Gasteiger partial charge in [-0.3, -0.25) is 13.7 Å². The second-order valence-electron chi connectivity index (χ2n) is 33.0. The second kappa shape index (κ2) is 32.8. The number of allylic oxidation sites excluding steroid dienone is 4. The average Bonchev–Trinajstić information content (AvgIpc) is 1.57. The normalized spacial score (nSPS) is 11.7. The maximum absolute atomic E-state index is 5.22. The van der Waals surface area contributed by atoms with E-state index in [1.807, 2.05) is 91.0 Å². The van der Waals surface area contributed by atoms with Crippen LogP contribution in [0.25, 0.3) is 228 Å². The van der Waals surface area contributed by atoms with Gasteiger partial charge in [-0.2, -0.15) is 9.97 Å². The van der Waals surface area contributed by atoms with Crippen molar-refractivity contribution in [1.82, 2.24) is 57.3 Å². The Bertz CT molecular complexity index is 8440. The maximum atomic E-state index is 5.22. The van der Waals surface area contributed by atoms with E-state index in [0.29, 0.717) is 23.5 Å². The fourth-order valence-electron chi connectivity index (χ4n) is 19.5. The number of rotatable bonds is 14. The third kappa shape index (κ3) is 13.4. The summed E-state index contributed by atoms with van der Waals surface area (Å²) in [5.74, 6) is 3.38. The first-order valence-electron chi connectivity index (χ1n) is 44.4. The number of hydrogen-bond donors (Lipinski definition) is 0. The molecule has 0 atom stereocenters. The Balaban J connectivity index is 0.000000109. The lowest BCUT2D eigenvalue weighted by molar-refractivity contribution is 0.953. The van der Waals surface area contributed by atoms with E-state index >= 15 is 0 Å². The minimum atomic E-state index is 0.591. The number of nitrogens with zero attached hydrogens (tertiary/aromatic N) is 12. The molecule has 12 heteroatoms. The van der Waals surface area contributed by atoms with Crippen molar-refractivity contribution in [3.05, 3.63) is 480 Å². The van der Waals surface area contributed by atoms with Gasteiger partial charge in [-0.25, -0.2) is 19.9 Å². The van der Waals surface area contributed by atoms with Gasteiger partial charge in [0.1, 0.15) is 5.82 Å². The van der Waals surface area contributed by atoms with E-state index in [1.54, 1.807) is 6.08 Å². The molecule has 0 radical (unpaired) electrons. The quantitative estimate of drug-likeness (QED) is 0.100. The molecule has 12 nitrogen and oxygen atoms in total. The molecule has 0 fully saturated rings. The molecule has 17 aromatic carbocycles. The number of para-hydroxylation sites is 9. The van der Waals surface area contributed by atoms with E-state index in [0.717, 1.165) is 128 Å². The zero-order chi connectivity index (χ0) is 87.7. The highest BCUT2D eigenvalue weighted by molar-refractivity contribution is 6.16. The van der Waals surface area contributed by atoms with Crippen LogP contribution in [-0.4, -0.2) is 57.3 Å². The first-order chi connectivity index (χ1) is 65.4. The van der Waals surface area contributed by atoms with Gasteiger partial charge in [-0.05, 0) is 144 Å². The van der Waals surface area contributed by atoms with Crippen molar-refractivity contribution in [2.75, 3.05) is 0 Å². The molecule has 0 unspecified atom stereocenters. The minimum Gasteiger partial charge on any atom is -0.309 e. The second-order valence-corrected chi connectivity index (χ2v) is 33.0. The molecule has 0 aliphatic carbocycles. The van der Waals surface area contributed by atoms with Crippen molar-refractivity contribution in [2.24, 2.45) is 0 Å². The van der Waals surface area contributed by atoms with E-state index in [9.17, 15) is 0 Å². The Labute approximate surface area is 759 Å². The molecular formula is C120H80N12. The van der Waals surface area contributed by atoms with Crippen molar-refractivity contribution < 1.29 is 0 Å². The monoisotopic (exact) mass is 1690 g/mol. The molecule has 620 valence electrons. The highest BCUT2D eigenvalue weighted by Gasteiger charge is 2.25. The number of hydrogen-bond acceptors (Lipinski definition) is 6. The van der Waals surface area contributed by atoms with Gasteiger partial charge in [-0.1, -0.05) is 347 Å². The summed E-state index contributed by atoms with van der Waals surface area (Å²) >= 11 is 0. The zero-order valence-corrected chi connectivity index (χ0v) is 71.7. The summed E-state index contributed by atoms with van der Waals surface area (Å²) in [4.78, 5) is 30.6. The summed E-state index contributed by atoms with van der Waals surface area (Å²) in [7, 11) is 0. The molecule has 0 amide bonds. The fraction of sp³-hybridized carbons (Fsp3) is 0. The standard InChI is InChI=1S/C41H29N3.C40H26N4.C39H25N5/c1-3-14-28(4-2)36-25-30(29-15-6-5-7-16-29)26-41(42-36)44-39-22-13-10-19-34(39)35-27-31(23-24-40(35)44)43-37-20-11-8-17-32(37)33-18-9-12-21-38(33)43;1-3-13-27(14-4-1)34-26-35(28-15-5-2-6-16-28)42-40(41-34)44-38-22-12-9-19-32(38)33-25-29(23-24-39(33)44)43-36-20-10-7-17-30(36)31-18-8-11-21-37(31)43;1-3-13-26(14-4-1)37-40-38(27-15-5-2-6-16-27)42-39(41-37)44-35-22-12-9-19-31(35)32-25-28(23-24-36(32)44)43-33-20-10-7-17-29(33)30-18-8-11-21-34(30)43/h3-27H,1-2H2;1-26H;1-25H/b28-14+;;. The van der Waals surface area contributed by atoms with Gasteiger partial charge >= 0.3 is 0 Å². The molecule has 0 bridgehead atoms. The summed E-state index contributed by atoms with van der Waals surface area (Å²) in [6.07, 6.45) is 5.58. The van der Waals surface area contributed by atoms with Crippen LogP contribution in [0.5, 0.6) is 0 Å². The molecule has 0 spiro atoms. The lowest BCUT2D eigenvalue weighted by Crippen LogP contribution is -2.06. The summed E-state index contributed by atoms with van der Waals surface area (Å²) < 4.78 is 13.8. The van der Waals surface area contributed by atoms with Crippen LogP contribution in [-0.2, 0) is 0 Å². The third-order valence-corrected chi connectivity index (χ3v) is 25.4. The van der Waals surface area contributed by atoms with Gasteiger partial charge in [0.2, 0.25) is 11.9 Å². The molecule has 132 heavy (non-hydrogen) atoms. The van der Waals surface area contributed by atoms with E-state index in [-0.39, 0.29) is 0 Å². The van der Waals surface area contributed by atoms with E-state index < -0.39 is 0 Å². The van der Waals surface area contributed by atoms with Gasteiger partial charge in [0.25, 0.3) is 0 Å². The largest absolute Gasteiger partial charge is 0.309 e. The van der Waals surface area contributed by atoms with Crippen molar-refractivity contribution in [3.63, 3.8) is 0 Å². The topological polar surface area (TPSA) is 107 Å². The predicted octanol–water partition coefficient (Wildman–Crippen LogP) is 30.1. The number of aromatic nitrogens is 12.